The van der Waals surface area contributed by atoms with Crippen LogP contribution < -0.4 is 15.2 Å². The van der Waals surface area contributed by atoms with Crippen LogP contribution in [0.1, 0.15) is 28.7 Å². The van der Waals surface area contributed by atoms with Gasteiger partial charge in [0.05, 0.1) is 17.9 Å². The number of hydrogen-bond acceptors (Lipinski definition) is 4. The number of carbonyl (C=O) groups excluding carboxylic acids is 1. The standard InChI is InChI=1S/C24H20F3N3O4S/c1-13-4-5-15(11-21(31)30-20-7-6-19(8-14(20)2)35(28,32)33)22(25)23(13)34-18-10-16(24(26)27)9-17(12-18)29-3/h4-10,12,24H,11H2,1-2H3,(H,30,31)(H2,28,32,33). The molecule has 0 radical (unpaired) electrons. The van der Waals surface area contributed by atoms with E-state index in [4.69, 9.17) is 16.4 Å². The molecule has 3 aromatic carbocycles. The van der Waals surface area contributed by atoms with Crippen LogP contribution in [-0.4, -0.2) is 14.3 Å². The maximum Gasteiger partial charge on any atom is 0.262 e. The summed E-state index contributed by atoms with van der Waals surface area (Å²) in [6, 6.07) is 10.1. The number of amides is 1. The number of hydrogen-bond donors (Lipinski definition) is 2. The lowest BCUT2D eigenvalue weighted by molar-refractivity contribution is -0.115. The first kappa shape index (κ1) is 25.7. The predicted octanol–water partition coefficient (Wildman–Crippen LogP) is 5.55. The van der Waals surface area contributed by atoms with Crippen molar-refractivity contribution in [1.82, 2.24) is 0 Å². The van der Waals surface area contributed by atoms with Gasteiger partial charge in [0.2, 0.25) is 15.9 Å². The maximum atomic E-state index is 15.2. The summed E-state index contributed by atoms with van der Waals surface area (Å²) in [5.41, 5.74) is 0.570. The van der Waals surface area contributed by atoms with Gasteiger partial charge in [0, 0.05) is 16.8 Å². The molecule has 3 aromatic rings. The van der Waals surface area contributed by atoms with Gasteiger partial charge in [0.15, 0.2) is 17.3 Å². The Hall–Kier alpha value is -3.88. The fourth-order valence-corrected chi connectivity index (χ4v) is 3.85. The Bertz CT molecular complexity index is 1450. The third kappa shape index (κ3) is 6.17. The molecular weight excluding hydrogens is 483 g/mol. The lowest BCUT2D eigenvalue weighted by Crippen LogP contribution is -2.17. The van der Waals surface area contributed by atoms with Gasteiger partial charge in [-0.05, 0) is 61.4 Å². The molecule has 0 bridgehead atoms. The third-order valence-corrected chi connectivity index (χ3v) is 5.95. The zero-order valence-electron chi connectivity index (χ0n) is 18.6. The van der Waals surface area contributed by atoms with E-state index < -0.39 is 33.7 Å². The van der Waals surface area contributed by atoms with Crippen LogP contribution >= 0.6 is 0 Å². The highest BCUT2D eigenvalue weighted by Crippen LogP contribution is 2.35. The molecule has 0 spiro atoms. The molecule has 0 heterocycles. The fourth-order valence-electron chi connectivity index (χ4n) is 3.25. The van der Waals surface area contributed by atoms with Crippen LogP contribution in [-0.2, 0) is 21.2 Å². The molecule has 11 heteroatoms. The van der Waals surface area contributed by atoms with Gasteiger partial charge >= 0.3 is 0 Å². The van der Waals surface area contributed by atoms with Gasteiger partial charge in [-0.25, -0.2) is 31.6 Å². The van der Waals surface area contributed by atoms with Crippen molar-refractivity contribution in [3.63, 3.8) is 0 Å². The van der Waals surface area contributed by atoms with Gasteiger partial charge in [0.25, 0.3) is 6.43 Å². The average molecular weight is 504 g/mol. The van der Waals surface area contributed by atoms with Crippen LogP contribution in [0, 0.1) is 26.2 Å². The zero-order valence-corrected chi connectivity index (χ0v) is 19.4. The summed E-state index contributed by atoms with van der Waals surface area (Å²) >= 11 is 0. The number of rotatable bonds is 7. The van der Waals surface area contributed by atoms with Gasteiger partial charge in [0.1, 0.15) is 5.75 Å². The molecule has 0 saturated heterocycles. The number of ether oxygens (including phenoxy) is 1. The highest BCUT2D eigenvalue weighted by molar-refractivity contribution is 7.89. The molecule has 0 aromatic heterocycles. The minimum atomic E-state index is -3.91. The van der Waals surface area contributed by atoms with Crippen molar-refractivity contribution in [2.24, 2.45) is 5.14 Å². The van der Waals surface area contributed by atoms with E-state index >= 15 is 4.39 Å². The Kier molecular flexibility index (Phi) is 7.48. The minimum Gasteiger partial charge on any atom is -0.455 e. The molecule has 0 aliphatic rings. The van der Waals surface area contributed by atoms with Gasteiger partial charge in [-0.2, -0.15) is 0 Å². The molecule has 0 saturated carbocycles. The first-order valence-electron chi connectivity index (χ1n) is 10.1. The number of primary sulfonamides is 1. The molecule has 3 N–H and O–H groups in total. The summed E-state index contributed by atoms with van der Waals surface area (Å²) in [5.74, 6) is -1.83. The smallest absolute Gasteiger partial charge is 0.262 e. The summed E-state index contributed by atoms with van der Waals surface area (Å²) in [5, 5.41) is 7.68. The van der Waals surface area contributed by atoms with E-state index in [1.165, 1.54) is 36.4 Å². The van der Waals surface area contributed by atoms with E-state index in [9.17, 15) is 22.0 Å². The second kappa shape index (κ2) is 10.2. The Morgan fingerprint density at radius 3 is 2.43 bits per heavy atom. The number of halogens is 3. The van der Waals surface area contributed by atoms with E-state index in [-0.39, 0.29) is 34.1 Å². The summed E-state index contributed by atoms with van der Waals surface area (Å²) in [6.45, 7) is 10.2. The minimum absolute atomic E-state index is 0.0164. The summed E-state index contributed by atoms with van der Waals surface area (Å²) in [6.07, 6.45) is -3.23. The summed E-state index contributed by atoms with van der Waals surface area (Å²) in [7, 11) is -3.91. The monoisotopic (exact) mass is 503 g/mol. The zero-order chi connectivity index (χ0) is 25.9. The molecule has 0 fully saturated rings. The Balaban J connectivity index is 1.84. The number of nitrogens with two attached hydrogens (primary N) is 1. The number of carbonyl (C=O) groups is 1. The lowest BCUT2D eigenvalue weighted by Gasteiger charge is -2.15. The highest BCUT2D eigenvalue weighted by Gasteiger charge is 2.19. The van der Waals surface area contributed by atoms with Crippen molar-refractivity contribution >= 4 is 27.3 Å². The highest BCUT2D eigenvalue weighted by atomic mass is 32.2. The summed E-state index contributed by atoms with van der Waals surface area (Å²) in [4.78, 5) is 15.6. The lowest BCUT2D eigenvalue weighted by atomic mass is 10.1. The van der Waals surface area contributed by atoms with E-state index in [1.807, 2.05) is 0 Å². The molecular formula is C24H20F3N3O4S. The Morgan fingerprint density at radius 2 is 1.83 bits per heavy atom. The molecule has 0 aliphatic heterocycles. The van der Waals surface area contributed by atoms with E-state index in [0.717, 1.165) is 12.1 Å². The normalized spacial score (nSPS) is 11.3. The molecule has 0 aliphatic carbocycles. The van der Waals surface area contributed by atoms with Gasteiger partial charge in [-0.15, -0.1) is 0 Å². The van der Waals surface area contributed by atoms with E-state index in [0.29, 0.717) is 16.8 Å². The number of nitrogens with zero attached hydrogens (tertiary/aromatic N) is 1. The molecule has 3 rings (SSSR count). The molecule has 0 atom stereocenters. The van der Waals surface area contributed by atoms with E-state index in [2.05, 4.69) is 10.2 Å². The van der Waals surface area contributed by atoms with Gasteiger partial charge in [-0.1, -0.05) is 12.1 Å². The van der Waals surface area contributed by atoms with Crippen molar-refractivity contribution in [3.05, 3.63) is 88.0 Å². The number of nitrogens with one attached hydrogen (secondary N) is 1. The third-order valence-electron chi connectivity index (χ3n) is 5.04. The fraction of sp³-hybridized carbons (Fsp3) is 0.167. The SMILES string of the molecule is [C-]#[N+]c1cc(Oc2c(C)ccc(CC(=O)Nc3ccc(S(N)(=O)=O)cc3C)c2F)cc(C(F)F)c1. The number of anilines is 1. The first-order chi connectivity index (χ1) is 16.4. The summed E-state index contributed by atoms with van der Waals surface area (Å²) < 4.78 is 70.0. The van der Waals surface area contributed by atoms with Crippen LogP contribution in [0.5, 0.6) is 11.5 Å². The van der Waals surface area contributed by atoms with Crippen LogP contribution in [0.4, 0.5) is 24.5 Å². The van der Waals surface area contributed by atoms with Crippen molar-refractivity contribution in [1.29, 1.82) is 0 Å². The number of aryl methyl sites for hydroxylation is 2. The Labute approximate surface area is 200 Å². The first-order valence-corrected chi connectivity index (χ1v) is 11.6. The number of benzene rings is 3. The van der Waals surface area contributed by atoms with Crippen LogP contribution in [0.3, 0.4) is 0 Å². The Morgan fingerprint density at radius 1 is 1.11 bits per heavy atom. The molecule has 7 nitrogen and oxygen atoms in total. The molecule has 1 amide bonds. The number of alkyl halides is 2. The van der Waals surface area contributed by atoms with Crippen molar-refractivity contribution in [2.45, 2.75) is 31.6 Å². The molecule has 0 unspecified atom stereocenters. The topological polar surface area (TPSA) is 103 Å². The molecule has 182 valence electrons. The maximum absolute atomic E-state index is 15.2. The van der Waals surface area contributed by atoms with Gasteiger partial charge < -0.3 is 10.1 Å². The quantitative estimate of drug-likeness (QED) is 0.413. The second-order valence-corrected chi connectivity index (χ2v) is 9.27. The van der Waals surface area contributed by atoms with Crippen molar-refractivity contribution < 1.29 is 31.1 Å². The van der Waals surface area contributed by atoms with Crippen LogP contribution in [0.15, 0.2) is 53.4 Å². The number of sulfonamides is 1. The molecule has 35 heavy (non-hydrogen) atoms. The van der Waals surface area contributed by atoms with E-state index in [1.54, 1.807) is 13.8 Å². The van der Waals surface area contributed by atoms with Crippen LogP contribution in [0.25, 0.3) is 4.85 Å². The van der Waals surface area contributed by atoms with Gasteiger partial charge in [-0.3, -0.25) is 4.79 Å². The van der Waals surface area contributed by atoms with Crippen LogP contribution in [0.2, 0.25) is 0 Å². The second-order valence-electron chi connectivity index (χ2n) is 7.71. The van der Waals surface area contributed by atoms with Crippen molar-refractivity contribution in [2.75, 3.05) is 5.32 Å². The average Bonchev–Trinajstić information content (AvgIpc) is 2.79. The largest absolute Gasteiger partial charge is 0.455 e. The predicted molar refractivity (Wildman–Crippen MR) is 124 cm³/mol. The van der Waals surface area contributed by atoms with Crippen molar-refractivity contribution in [3.8, 4) is 11.5 Å².